The fourth-order valence-corrected chi connectivity index (χ4v) is 3.74. The predicted molar refractivity (Wildman–Crippen MR) is 108 cm³/mol. The van der Waals surface area contributed by atoms with Gasteiger partial charge < -0.3 is 9.84 Å². The van der Waals surface area contributed by atoms with E-state index in [-0.39, 0.29) is 17.0 Å². The Labute approximate surface area is 169 Å². The van der Waals surface area contributed by atoms with Crippen LogP contribution in [0.25, 0.3) is 0 Å². The second-order valence-electron chi connectivity index (χ2n) is 6.36. The molecule has 2 N–H and O–H groups in total. The zero-order chi connectivity index (χ0) is 20.9. The Morgan fingerprint density at radius 3 is 2.34 bits per heavy atom. The van der Waals surface area contributed by atoms with Crippen molar-refractivity contribution in [1.29, 1.82) is 0 Å². The highest BCUT2D eigenvalue weighted by Gasteiger charge is 2.17. The quantitative estimate of drug-likeness (QED) is 0.587. The van der Waals surface area contributed by atoms with Gasteiger partial charge in [-0.3, -0.25) is 4.98 Å². The van der Waals surface area contributed by atoms with Crippen LogP contribution in [0.3, 0.4) is 0 Å². The Bertz CT molecular complexity index is 1100. The van der Waals surface area contributed by atoms with E-state index >= 15 is 0 Å². The number of nitrogens with one attached hydrogen (secondary N) is 1. The van der Waals surface area contributed by atoms with Gasteiger partial charge in [-0.2, -0.15) is 0 Å². The average Bonchev–Trinajstić information content (AvgIpc) is 2.70. The second-order valence-corrected chi connectivity index (χ2v) is 8.13. The van der Waals surface area contributed by atoms with Crippen LogP contribution in [0.1, 0.15) is 21.5 Å². The fraction of sp³-hybridized carbons (Fsp3) is 0.143. The number of sulfonamides is 1. The number of carbonyl (C=O) groups is 1. The molecule has 29 heavy (non-hydrogen) atoms. The Hall–Kier alpha value is -3.23. The number of pyridine rings is 1. The average molecular weight is 412 g/mol. The normalized spacial score (nSPS) is 11.2. The van der Waals surface area contributed by atoms with Crippen LogP contribution in [-0.4, -0.2) is 31.0 Å². The number of aromatic nitrogens is 1. The summed E-state index contributed by atoms with van der Waals surface area (Å²) < 4.78 is 33.1. The molecule has 2 aromatic carbocycles. The Morgan fingerprint density at radius 2 is 1.69 bits per heavy atom. The van der Waals surface area contributed by atoms with Crippen molar-refractivity contribution in [3.8, 4) is 11.5 Å². The van der Waals surface area contributed by atoms with E-state index in [0.717, 1.165) is 5.56 Å². The van der Waals surface area contributed by atoms with Crippen molar-refractivity contribution in [2.75, 3.05) is 6.54 Å². The van der Waals surface area contributed by atoms with Gasteiger partial charge in [-0.1, -0.05) is 18.2 Å². The van der Waals surface area contributed by atoms with Crippen molar-refractivity contribution in [1.82, 2.24) is 9.71 Å². The molecule has 0 aliphatic rings. The summed E-state index contributed by atoms with van der Waals surface area (Å²) in [6, 6.07) is 14.9. The lowest BCUT2D eigenvalue weighted by Crippen LogP contribution is -2.26. The SMILES string of the molecule is Cc1ccc(S(=O)(=O)NCCc2ccc(Oc3ccncc3)cc2)cc1C(=O)O. The third-order valence-corrected chi connectivity index (χ3v) is 5.72. The molecule has 0 amide bonds. The summed E-state index contributed by atoms with van der Waals surface area (Å²) >= 11 is 0. The lowest BCUT2D eigenvalue weighted by molar-refractivity contribution is 0.0696. The van der Waals surface area contributed by atoms with Gasteiger partial charge in [-0.15, -0.1) is 0 Å². The standard InChI is InChI=1S/C21H20N2O5S/c1-15-2-7-19(14-20(15)21(24)25)29(26,27)23-13-8-16-3-5-17(6-4-16)28-18-9-11-22-12-10-18/h2-7,9-12,14,23H,8,13H2,1H3,(H,24,25). The number of hydrogen-bond donors (Lipinski definition) is 2. The van der Waals surface area contributed by atoms with Gasteiger partial charge in [-0.25, -0.2) is 17.9 Å². The maximum Gasteiger partial charge on any atom is 0.335 e. The smallest absolute Gasteiger partial charge is 0.335 e. The summed E-state index contributed by atoms with van der Waals surface area (Å²) in [5, 5.41) is 9.17. The molecule has 0 saturated carbocycles. The van der Waals surface area contributed by atoms with Crippen molar-refractivity contribution >= 4 is 16.0 Å². The minimum atomic E-state index is -3.80. The van der Waals surface area contributed by atoms with Gasteiger partial charge in [0, 0.05) is 18.9 Å². The van der Waals surface area contributed by atoms with Crippen LogP contribution in [0.15, 0.2) is 71.9 Å². The number of rotatable bonds is 8. The number of ether oxygens (including phenoxy) is 1. The summed E-state index contributed by atoms with van der Waals surface area (Å²) in [5.41, 5.74) is 1.41. The molecule has 0 spiro atoms. The van der Waals surface area contributed by atoms with Crippen molar-refractivity contribution < 1.29 is 23.1 Å². The molecule has 0 bridgehead atoms. The van der Waals surface area contributed by atoms with Crippen LogP contribution in [0, 0.1) is 6.92 Å². The van der Waals surface area contributed by atoms with E-state index in [1.165, 1.54) is 18.2 Å². The minimum Gasteiger partial charge on any atom is -0.478 e. The fourth-order valence-electron chi connectivity index (χ4n) is 2.68. The first-order chi connectivity index (χ1) is 13.8. The molecule has 150 valence electrons. The minimum absolute atomic E-state index is 0.0299. The third-order valence-electron chi connectivity index (χ3n) is 4.26. The monoisotopic (exact) mass is 412 g/mol. The van der Waals surface area contributed by atoms with E-state index in [1.54, 1.807) is 31.5 Å². The molecular weight excluding hydrogens is 392 g/mol. The second kappa shape index (κ2) is 8.85. The lowest BCUT2D eigenvalue weighted by Gasteiger charge is -2.09. The lowest BCUT2D eigenvalue weighted by atomic mass is 10.1. The third kappa shape index (κ3) is 5.40. The molecule has 0 aliphatic carbocycles. The first-order valence-corrected chi connectivity index (χ1v) is 10.3. The molecular formula is C21H20N2O5S. The van der Waals surface area contributed by atoms with Gasteiger partial charge in [0.25, 0.3) is 0 Å². The molecule has 1 aromatic heterocycles. The molecule has 3 aromatic rings. The molecule has 1 heterocycles. The van der Waals surface area contributed by atoms with E-state index < -0.39 is 16.0 Å². The highest BCUT2D eigenvalue weighted by Crippen LogP contribution is 2.21. The highest BCUT2D eigenvalue weighted by molar-refractivity contribution is 7.89. The number of aryl methyl sites for hydroxylation is 1. The van der Waals surface area contributed by atoms with Crippen molar-refractivity contribution in [3.63, 3.8) is 0 Å². The molecule has 0 fully saturated rings. The predicted octanol–water partition coefficient (Wildman–Crippen LogP) is 3.40. The van der Waals surface area contributed by atoms with Gasteiger partial charge in [-0.05, 0) is 60.9 Å². The van der Waals surface area contributed by atoms with Crippen molar-refractivity contribution in [3.05, 3.63) is 83.7 Å². The van der Waals surface area contributed by atoms with Crippen LogP contribution in [-0.2, 0) is 16.4 Å². The Kier molecular flexibility index (Phi) is 6.26. The van der Waals surface area contributed by atoms with E-state index in [9.17, 15) is 13.2 Å². The van der Waals surface area contributed by atoms with E-state index in [0.29, 0.717) is 23.5 Å². The van der Waals surface area contributed by atoms with Crippen LogP contribution in [0.5, 0.6) is 11.5 Å². The number of hydrogen-bond acceptors (Lipinski definition) is 5. The van der Waals surface area contributed by atoms with Crippen molar-refractivity contribution in [2.24, 2.45) is 0 Å². The van der Waals surface area contributed by atoms with Gasteiger partial charge in [0.05, 0.1) is 10.5 Å². The molecule has 7 nitrogen and oxygen atoms in total. The van der Waals surface area contributed by atoms with E-state index in [4.69, 9.17) is 9.84 Å². The maximum atomic E-state index is 12.4. The van der Waals surface area contributed by atoms with Crippen LogP contribution >= 0.6 is 0 Å². The highest BCUT2D eigenvalue weighted by atomic mass is 32.2. The topological polar surface area (TPSA) is 106 Å². The van der Waals surface area contributed by atoms with Gasteiger partial charge in [0.15, 0.2) is 0 Å². The summed E-state index contributed by atoms with van der Waals surface area (Å²) in [4.78, 5) is 15.1. The summed E-state index contributed by atoms with van der Waals surface area (Å²) in [6.07, 6.45) is 3.76. The molecule has 8 heteroatoms. The number of benzene rings is 2. The Morgan fingerprint density at radius 1 is 1.03 bits per heavy atom. The number of carboxylic acid groups (broad SMARTS) is 1. The Balaban J connectivity index is 1.59. The molecule has 3 rings (SSSR count). The number of aromatic carboxylic acids is 1. The zero-order valence-electron chi connectivity index (χ0n) is 15.7. The van der Waals surface area contributed by atoms with Crippen LogP contribution < -0.4 is 9.46 Å². The summed E-state index contributed by atoms with van der Waals surface area (Å²) in [7, 11) is -3.80. The molecule has 0 aliphatic heterocycles. The molecule has 0 atom stereocenters. The molecule has 0 saturated heterocycles. The first-order valence-electron chi connectivity index (χ1n) is 8.85. The molecule has 0 unspecified atom stereocenters. The van der Waals surface area contributed by atoms with Crippen LogP contribution in [0.2, 0.25) is 0 Å². The summed E-state index contributed by atoms with van der Waals surface area (Å²) in [5.74, 6) is 0.189. The first kappa shape index (κ1) is 20.5. The van der Waals surface area contributed by atoms with Gasteiger partial charge in [0.1, 0.15) is 11.5 Å². The largest absolute Gasteiger partial charge is 0.478 e. The van der Waals surface area contributed by atoms with Crippen LogP contribution in [0.4, 0.5) is 0 Å². The van der Waals surface area contributed by atoms with E-state index in [2.05, 4.69) is 9.71 Å². The van der Waals surface area contributed by atoms with E-state index in [1.807, 2.05) is 24.3 Å². The van der Waals surface area contributed by atoms with Crippen molar-refractivity contribution in [2.45, 2.75) is 18.2 Å². The summed E-state index contributed by atoms with van der Waals surface area (Å²) in [6.45, 7) is 1.80. The number of nitrogens with zero attached hydrogens (tertiary/aromatic N) is 1. The molecule has 0 radical (unpaired) electrons. The maximum absolute atomic E-state index is 12.4. The number of carboxylic acids is 1. The van der Waals surface area contributed by atoms with Gasteiger partial charge in [0.2, 0.25) is 10.0 Å². The van der Waals surface area contributed by atoms with Gasteiger partial charge >= 0.3 is 5.97 Å². The zero-order valence-corrected chi connectivity index (χ0v) is 16.5.